The van der Waals surface area contributed by atoms with Gasteiger partial charge in [-0.25, -0.2) is 0 Å². The summed E-state index contributed by atoms with van der Waals surface area (Å²) in [6.07, 6.45) is 1.66. The number of aryl methyl sites for hydroxylation is 1. The minimum Gasteiger partial charge on any atom is -0.388 e. The van der Waals surface area contributed by atoms with Crippen molar-refractivity contribution in [2.45, 2.75) is 74.0 Å². The zero-order valence-electron chi connectivity index (χ0n) is 14.9. The Morgan fingerprint density at radius 1 is 1.24 bits per heavy atom. The number of hydrogen-bond acceptors (Lipinski definition) is 1. The number of nitrogens with zero attached hydrogens (tertiary/aromatic N) is 1. The molecule has 0 saturated heterocycles. The first-order valence-corrected chi connectivity index (χ1v) is 8.49. The molecule has 0 aliphatic heterocycles. The normalized spacial score (nSPS) is 21.4. The number of aromatic nitrogens is 1. The molecule has 2 nitrogen and oxygen atoms in total. The lowest BCUT2D eigenvalue weighted by Gasteiger charge is -2.35. The third kappa shape index (κ3) is 3.36. The van der Waals surface area contributed by atoms with Crippen LogP contribution in [-0.4, -0.2) is 9.67 Å². The highest BCUT2D eigenvalue weighted by Gasteiger charge is 2.34. The average Bonchev–Trinajstić information content (AvgIpc) is 2.60. The van der Waals surface area contributed by atoms with Gasteiger partial charge in [-0.1, -0.05) is 41.5 Å². The molecule has 1 N–H and O–H groups in total. The molecule has 0 amide bonds. The third-order valence-corrected chi connectivity index (χ3v) is 5.31. The van der Waals surface area contributed by atoms with E-state index in [0.29, 0.717) is 17.8 Å². The van der Waals surface area contributed by atoms with E-state index >= 15 is 0 Å². The van der Waals surface area contributed by atoms with Crippen LogP contribution in [0.2, 0.25) is 0 Å². The van der Waals surface area contributed by atoms with E-state index in [4.69, 9.17) is 0 Å². The maximum atomic E-state index is 10.5. The molecule has 1 aromatic rings. The first kappa shape index (κ1) is 16.6. The number of aliphatic hydroxyl groups excluding tert-OH is 1. The van der Waals surface area contributed by atoms with Gasteiger partial charge in [0, 0.05) is 23.5 Å². The van der Waals surface area contributed by atoms with Gasteiger partial charge in [0.15, 0.2) is 0 Å². The van der Waals surface area contributed by atoms with E-state index in [9.17, 15) is 5.11 Å². The molecule has 2 rings (SSSR count). The first-order valence-electron chi connectivity index (χ1n) is 8.49. The second kappa shape index (κ2) is 5.79. The van der Waals surface area contributed by atoms with Crippen LogP contribution in [0.3, 0.4) is 0 Å². The van der Waals surface area contributed by atoms with E-state index in [2.05, 4.69) is 59.1 Å². The highest BCUT2D eigenvalue weighted by Crippen LogP contribution is 2.42. The van der Waals surface area contributed by atoms with Gasteiger partial charge >= 0.3 is 0 Å². The molecule has 1 aliphatic rings. The zero-order valence-corrected chi connectivity index (χ0v) is 14.9. The molecule has 0 spiro atoms. The van der Waals surface area contributed by atoms with Gasteiger partial charge in [-0.15, -0.1) is 0 Å². The van der Waals surface area contributed by atoms with Crippen molar-refractivity contribution in [3.05, 3.63) is 23.0 Å². The quantitative estimate of drug-likeness (QED) is 0.852. The monoisotopic (exact) mass is 291 g/mol. The van der Waals surface area contributed by atoms with Gasteiger partial charge in [0.05, 0.1) is 6.10 Å². The molecule has 0 radical (unpaired) electrons. The lowest BCUT2D eigenvalue weighted by Crippen LogP contribution is -2.29. The Morgan fingerprint density at radius 2 is 1.81 bits per heavy atom. The zero-order chi connectivity index (χ0) is 15.9. The summed E-state index contributed by atoms with van der Waals surface area (Å²) in [6.45, 7) is 17.1. The van der Waals surface area contributed by atoms with Crippen molar-refractivity contribution in [3.8, 4) is 0 Å². The van der Waals surface area contributed by atoms with Crippen molar-refractivity contribution in [1.82, 2.24) is 4.57 Å². The molecule has 0 aromatic carbocycles. The van der Waals surface area contributed by atoms with Crippen LogP contribution in [0.5, 0.6) is 0 Å². The Labute approximate surface area is 130 Å². The van der Waals surface area contributed by atoms with Gasteiger partial charge in [0.1, 0.15) is 0 Å². The Bertz CT molecular complexity index is 488. The predicted molar refractivity (Wildman–Crippen MR) is 89.4 cm³/mol. The molecule has 1 aliphatic carbocycles. The summed E-state index contributed by atoms with van der Waals surface area (Å²) in [5.74, 6) is 2.05. The second-order valence-corrected chi connectivity index (χ2v) is 8.51. The van der Waals surface area contributed by atoms with Crippen molar-refractivity contribution in [3.63, 3.8) is 0 Å². The molecule has 120 valence electrons. The average molecular weight is 291 g/mol. The summed E-state index contributed by atoms with van der Waals surface area (Å²) < 4.78 is 2.49. The summed E-state index contributed by atoms with van der Waals surface area (Å²) in [7, 11) is 0. The van der Waals surface area contributed by atoms with Crippen molar-refractivity contribution < 1.29 is 5.11 Å². The fourth-order valence-electron chi connectivity index (χ4n) is 4.06. The number of aliphatic hydroxyl groups is 1. The van der Waals surface area contributed by atoms with Gasteiger partial charge in [-0.05, 0) is 49.0 Å². The van der Waals surface area contributed by atoms with E-state index in [1.807, 2.05) is 0 Å². The molecule has 0 saturated carbocycles. The number of hydrogen-bond donors (Lipinski definition) is 1. The fourth-order valence-corrected chi connectivity index (χ4v) is 4.06. The van der Waals surface area contributed by atoms with Gasteiger partial charge in [0.2, 0.25) is 0 Å². The van der Waals surface area contributed by atoms with Crippen LogP contribution in [0, 0.1) is 30.1 Å². The van der Waals surface area contributed by atoms with Crippen molar-refractivity contribution in [2.24, 2.45) is 23.2 Å². The largest absolute Gasteiger partial charge is 0.388 e. The van der Waals surface area contributed by atoms with Crippen LogP contribution in [0.15, 0.2) is 6.07 Å². The molecule has 2 heteroatoms. The maximum absolute atomic E-state index is 10.5. The highest BCUT2D eigenvalue weighted by molar-refractivity contribution is 5.33. The van der Waals surface area contributed by atoms with Crippen LogP contribution >= 0.6 is 0 Å². The van der Waals surface area contributed by atoms with Crippen molar-refractivity contribution in [1.29, 1.82) is 0 Å². The molecule has 1 unspecified atom stereocenters. The van der Waals surface area contributed by atoms with Crippen LogP contribution in [0.4, 0.5) is 0 Å². The van der Waals surface area contributed by atoms with Gasteiger partial charge < -0.3 is 9.67 Å². The summed E-state index contributed by atoms with van der Waals surface area (Å²) in [5, 5.41) is 10.5. The smallest absolute Gasteiger partial charge is 0.0812 e. The van der Waals surface area contributed by atoms with Crippen LogP contribution in [0.25, 0.3) is 0 Å². The Hall–Kier alpha value is -0.760. The van der Waals surface area contributed by atoms with E-state index in [-0.39, 0.29) is 11.5 Å². The topological polar surface area (TPSA) is 25.2 Å². The Morgan fingerprint density at radius 3 is 2.33 bits per heavy atom. The lowest BCUT2D eigenvalue weighted by molar-refractivity contribution is 0.0971. The molecule has 1 aromatic heterocycles. The maximum Gasteiger partial charge on any atom is 0.0812 e. The number of fused-ring (bicyclic) bond motifs is 1. The van der Waals surface area contributed by atoms with Crippen molar-refractivity contribution in [2.75, 3.05) is 0 Å². The first-order chi connectivity index (χ1) is 9.62. The lowest BCUT2D eigenvalue weighted by atomic mass is 9.75. The van der Waals surface area contributed by atoms with Gasteiger partial charge in [0.25, 0.3) is 0 Å². The minimum absolute atomic E-state index is 0.195. The Kier molecular flexibility index (Phi) is 4.58. The molecule has 0 bridgehead atoms. The van der Waals surface area contributed by atoms with E-state index in [1.165, 1.54) is 17.0 Å². The fraction of sp³-hybridized carbons (Fsp3) is 0.789. The standard InChI is InChI=1S/C19H33NO/c1-12(2)16(13(3)4)11-20-14(5)8-15-17(20)9-19(6,7)10-18(15)21/h8,12-13,16,18,21H,9-11H2,1-7H3. The molecule has 1 atom stereocenters. The summed E-state index contributed by atoms with van der Waals surface area (Å²) in [6, 6.07) is 2.22. The van der Waals surface area contributed by atoms with Crippen LogP contribution in [0.1, 0.15) is 71.0 Å². The van der Waals surface area contributed by atoms with E-state index < -0.39 is 0 Å². The molecular formula is C19H33NO. The summed E-state index contributed by atoms with van der Waals surface area (Å²) in [4.78, 5) is 0. The molecule has 21 heavy (non-hydrogen) atoms. The second-order valence-electron chi connectivity index (χ2n) is 8.51. The Balaban J connectivity index is 2.38. The van der Waals surface area contributed by atoms with Gasteiger partial charge in [-0.2, -0.15) is 0 Å². The summed E-state index contributed by atoms with van der Waals surface area (Å²) in [5.41, 5.74) is 4.06. The molecular weight excluding hydrogens is 258 g/mol. The summed E-state index contributed by atoms with van der Waals surface area (Å²) >= 11 is 0. The van der Waals surface area contributed by atoms with E-state index in [1.54, 1.807) is 0 Å². The van der Waals surface area contributed by atoms with E-state index in [0.717, 1.165) is 19.4 Å². The molecule has 0 fully saturated rings. The number of rotatable bonds is 4. The van der Waals surface area contributed by atoms with Crippen molar-refractivity contribution >= 4 is 0 Å². The third-order valence-electron chi connectivity index (χ3n) is 5.31. The minimum atomic E-state index is -0.291. The van der Waals surface area contributed by atoms with Crippen LogP contribution < -0.4 is 0 Å². The highest BCUT2D eigenvalue weighted by atomic mass is 16.3. The SMILES string of the molecule is Cc1cc2c(n1CC(C(C)C)C(C)C)CC(C)(C)CC2O. The predicted octanol–water partition coefficient (Wildman–Crippen LogP) is 4.73. The molecule has 1 heterocycles. The van der Waals surface area contributed by atoms with Crippen LogP contribution in [-0.2, 0) is 13.0 Å². The van der Waals surface area contributed by atoms with Gasteiger partial charge in [-0.3, -0.25) is 0 Å².